The van der Waals surface area contributed by atoms with Crippen molar-refractivity contribution in [1.82, 2.24) is 0 Å². The monoisotopic (exact) mass is 374 g/mol. The maximum Gasteiger partial charge on any atom is 0.293 e. The molecular formula is C25H42O2. The molecule has 0 aliphatic heterocycles. The maximum atomic E-state index is 10.5. The van der Waals surface area contributed by atoms with Crippen LogP contribution in [0, 0.1) is 12.3 Å². The van der Waals surface area contributed by atoms with Gasteiger partial charge in [0.1, 0.15) is 5.60 Å². The second-order valence-electron chi connectivity index (χ2n) is 9.92. The average Bonchev–Trinajstić information content (AvgIpc) is 2.56. The predicted molar refractivity (Wildman–Crippen MR) is 116 cm³/mol. The molecule has 0 saturated heterocycles. The highest BCUT2D eigenvalue weighted by atomic mass is 16.5. The molecule has 2 nitrogen and oxygen atoms in total. The summed E-state index contributed by atoms with van der Waals surface area (Å²) in [5.41, 5.74) is 4.52. The van der Waals surface area contributed by atoms with Crippen molar-refractivity contribution in [3.8, 4) is 0 Å². The molecule has 0 radical (unpaired) electrons. The number of rotatable bonds is 13. The van der Waals surface area contributed by atoms with E-state index in [-0.39, 0.29) is 5.60 Å². The lowest BCUT2D eigenvalue weighted by atomic mass is 9.89. The Kier molecular flexibility index (Phi) is 10.1. The number of unbranched alkanes of at least 4 members (excludes halogenated alkanes) is 4. The fourth-order valence-corrected chi connectivity index (χ4v) is 3.54. The summed E-state index contributed by atoms with van der Waals surface area (Å²) in [6.07, 6.45) is 12.1. The van der Waals surface area contributed by atoms with Crippen LogP contribution in [-0.4, -0.2) is 12.1 Å². The quantitative estimate of drug-likeness (QED) is 0.269. The van der Waals surface area contributed by atoms with Crippen molar-refractivity contribution >= 4 is 6.47 Å². The van der Waals surface area contributed by atoms with Crippen LogP contribution in [0.25, 0.3) is 0 Å². The Morgan fingerprint density at radius 1 is 0.852 bits per heavy atom. The molecule has 0 spiro atoms. The molecule has 0 heterocycles. The van der Waals surface area contributed by atoms with Crippen molar-refractivity contribution in [1.29, 1.82) is 0 Å². The van der Waals surface area contributed by atoms with E-state index in [4.69, 9.17) is 4.74 Å². The third-order valence-corrected chi connectivity index (χ3v) is 5.40. The molecule has 0 N–H and O–H groups in total. The number of benzene rings is 1. The fraction of sp³-hybridized carbons (Fsp3) is 0.720. The van der Waals surface area contributed by atoms with Gasteiger partial charge in [0.25, 0.3) is 6.47 Å². The highest BCUT2D eigenvalue weighted by Crippen LogP contribution is 2.23. The second-order valence-corrected chi connectivity index (χ2v) is 9.92. The van der Waals surface area contributed by atoms with Crippen LogP contribution in [0.1, 0.15) is 103 Å². The average molecular weight is 375 g/mol. The zero-order valence-corrected chi connectivity index (χ0v) is 18.7. The van der Waals surface area contributed by atoms with E-state index < -0.39 is 0 Å². The molecule has 0 aliphatic carbocycles. The first-order chi connectivity index (χ1) is 12.6. The van der Waals surface area contributed by atoms with Crippen LogP contribution in [0.4, 0.5) is 0 Å². The lowest BCUT2D eigenvalue weighted by Crippen LogP contribution is -2.23. The number of carbonyl (C=O) groups is 1. The van der Waals surface area contributed by atoms with Gasteiger partial charge in [-0.1, -0.05) is 58.2 Å². The van der Waals surface area contributed by atoms with Gasteiger partial charge in [0.15, 0.2) is 0 Å². The number of hydrogen-bond donors (Lipinski definition) is 0. The van der Waals surface area contributed by atoms with Gasteiger partial charge in [-0.15, -0.1) is 0 Å². The summed E-state index contributed by atoms with van der Waals surface area (Å²) in [5, 5.41) is 0. The molecule has 0 aliphatic rings. The molecule has 0 saturated carbocycles. The number of aryl methyl sites for hydroxylation is 3. The molecule has 27 heavy (non-hydrogen) atoms. The van der Waals surface area contributed by atoms with E-state index in [1.54, 1.807) is 0 Å². The zero-order valence-electron chi connectivity index (χ0n) is 18.7. The Morgan fingerprint density at radius 2 is 1.48 bits per heavy atom. The summed E-state index contributed by atoms with van der Waals surface area (Å²) in [6, 6.07) is 6.97. The molecule has 2 heteroatoms. The van der Waals surface area contributed by atoms with E-state index >= 15 is 0 Å². The van der Waals surface area contributed by atoms with E-state index in [0.717, 1.165) is 25.7 Å². The van der Waals surface area contributed by atoms with Crippen molar-refractivity contribution in [2.75, 3.05) is 0 Å². The van der Waals surface area contributed by atoms with Crippen LogP contribution in [-0.2, 0) is 22.4 Å². The molecule has 0 fully saturated rings. The van der Waals surface area contributed by atoms with Crippen LogP contribution < -0.4 is 0 Å². The molecule has 1 aromatic carbocycles. The smallest absolute Gasteiger partial charge is 0.293 e. The maximum absolute atomic E-state index is 10.5. The second kappa shape index (κ2) is 11.5. The molecule has 1 rings (SSSR count). The number of carbonyl (C=O) groups excluding carboxylic acids is 1. The van der Waals surface area contributed by atoms with Gasteiger partial charge < -0.3 is 4.74 Å². The SMILES string of the molecule is Cc1ccc(CCCCC(C)(C)OC=O)cc1CCCCCCC(C)(C)C. The van der Waals surface area contributed by atoms with Crippen LogP contribution in [0.15, 0.2) is 18.2 Å². The predicted octanol–water partition coefficient (Wildman–Crippen LogP) is 7.20. The van der Waals surface area contributed by atoms with Crippen molar-refractivity contribution < 1.29 is 9.53 Å². The Hall–Kier alpha value is -1.31. The molecule has 0 bridgehead atoms. The third-order valence-electron chi connectivity index (χ3n) is 5.40. The lowest BCUT2D eigenvalue weighted by Gasteiger charge is -2.22. The van der Waals surface area contributed by atoms with Gasteiger partial charge in [0, 0.05) is 0 Å². The lowest BCUT2D eigenvalue weighted by molar-refractivity contribution is -0.140. The normalized spacial score (nSPS) is 12.2. The van der Waals surface area contributed by atoms with Gasteiger partial charge >= 0.3 is 0 Å². The first-order valence-corrected chi connectivity index (χ1v) is 10.8. The topological polar surface area (TPSA) is 26.3 Å². The summed E-state index contributed by atoms with van der Waals surface area (Å²) in [5.74, 6) is 0. The molecule has 0 unspecified atom stereocenters. The van der Waals surface area contributed by atoms with Gasteiger partial charge in [0.2, 0.25) is 0 Å². The van der Waals surface area contributed by atoms with E-state index in [9.17, 15) is 4.79 Å². The van der Waals surface area contributed by atoms with Gasteiger partial charge in [-0.3, -0.25) is 4.79 Å². The van der Waals surface area contributed by atoms with Crippen LogP contribution in [0.3, 0.4) is 0 Å². The van der Waals surface area contributed by atoms with Gasteiger partial charge in [-0.2, -0.15) is 0 Å². The summed E-state index contributed by atoms with van der Waals surface area (Å²) in [6.45, 7) is 13.8. The van der Waals surface area contributed by atoms with E-state index in [1.807, 2.05) is 13.8 Å². The molecular weight excluding hydrogens is 332 g/mol. The Balaban J connectivity index is 2.33. The first-order valence-electron chi connectivity index (χ1n) is 10.8. The Morgan fingerprint density at radius 3 is 2.15 bits per heavy atom. The fourth-order valence-electron chi connectivity index (χ4n) is 3.54. The van der Waals surface area contributed by atoms with E-state index in [2.05, 4.69) is 45.9 Å². The molecule has 0 aromatic heterocycles. The largest absolute Gasteiger partial charge is 0.462 e. The van der Waals surface area contributed by atoms with Crippen LogP contribution in [0.5, 0.6) is 0 Å². The molecule has 0 amide bonds. The number of hydrogen-bond acceptors (Lipinski definition) is 2. The Labute approximate surface area is 168 Å². The van der Waals surface area contributed by atoms with E-state index in [0.29, 0.717) is 11.9 Å². The minimum absolute atomic E-state index is 0.340. The van der Waals surface area contributed by atoms with Crippen molar-refractivity contribution in [2.45, 2.75) is 111 Å². The first kappa shape index (κ1) is 23.7. The van der Waals surface area contributed by atoms with Gasteiger partial charge in [0.05, 0.1) is 0 Å². The highest BCUT2D eigenvalue weighted by molar-refractivity contribution is 5.38. The Bertz CT molecular complexity index is 552. The van der Waals surface area contributed by atoms with Crippen molar-refractivity contribution in [2.24, 2.45) is 5.41 Å². The minimum atomic E-state index is -0.340. The third kappa shape index (κ3) is 11.2. The molecule has 0 atom stereocenters. The zero-order chi connectivity index (χ0) is 20.3. The molecule has 154 valence electrons. The number of ether oxygens (including phenoxy) is 1. The van der Waals surface area contributed by atoms with E-state index in [1.165, 1.54) is 55.2 Å². The van der Waals surface area contributed by atoms with Crippen LogP contribution >= 0.6 is 0 Å². The minimum Gasteiger partial charge on any atom is -0.462 e. The van der Waals surface area contributed by atoms with Crippen molar-refractivity contribution in [3.63, 3.8) is 0 Å². The van der Waals surface area contributed by atoms with Gasteiger partial charge in [-0.25, -0.2) is 0 Å². The van der Waals surface area contributed by atoms with Gasteiger partial charge in [-0.05, 0) is 87.8 Å². The summed E-state index contributed by atoms with van der Waals surface area (Å²) in [4.78, 5) is 10.5. The van der Waals surface area contributed by atoms with Crippen LogP contribution in [0.2, 0.25) is 0 Å². The molecule has 1 aromatic rings. The highest BCUT2D eigenvalue weighted by Gasteiger charge is 2.17. The summed E-state index contributed by atoms with van der Waals surface area (Å²) in [7, 11) is 0. The standard InChI is InChI=1S/C25H42O2/c1-21-15-16-22(13-10-12-18-25(5,6)27-20-26)19-23(21)14-9-7-8-11-17-24(2,3)4/h15-16,19-20H,7-14,17-18H2,1-6H3. The summed E-state index contributed by atoms with van der Waals surface area (Å²) >= 11 is 0. The van der Waals surface area contributed by atoms with Crippen molar-refractivity contribution in [3.05, 3.63) is 34.9 Å². The summed E-state index contributed by atoms with van der Waals surface area (Å²) < 4.78 is 5.13.